The molecule has 118 valence electrons. The normalized spacial score (nSPS) is 23.0. The van der Waals surface area contributed by atoms with E-state index in [1.165, 1.54) is 25.7 Å². The van der Waals surface area contributed by atoms with Gasteiger partial charge in [0.25, 0.3) is 0 Å². The van der Waals surface area contributed by atoms with E-state index in [0.717, 1.165) is 25.7 Å². The van der Waals surface area contributed by atoms with Crippen LogP contribution in [0.25, 0.3) is 0 Å². The van der Waals surface area contributed by atoms with Gasteiger partial charge in [-0.1, -0.05) is 37.8 Å². The number of hydrogen-bond acceptors (Lipinski definition) is 3. The summed E-state index contributed by atoms with van der Waals surface area (Å²) in [5.74, 6) is 0.891. The van der Waals surface area contributed by atoms with Gasteiger partial charge in [0, 0.05) is 6.04 Å². The second-order valence-electron chi connectivity index (χ2n) is 5.48. The number of halogens is 1. The lowest BCUT2D eigenvalue weighted by molar-refractivity contribution is 0.282. The van der Waals surface area contributed by atoms with Gasteiger partial charge < -0.3 is 4.74 Å². The molecule has 0 spiro atoms. The van der Waals surface area contributed by atoms with Crippen LogP contribution < -0.4 is 9.46 Å². The topological polar surface area (TPSA) is 55.4 Å². The van der Waals surface area contributed by atoms with E-state index < -0.39 is 10.0 Å². The SMILES string of the molecule is CC[C@H]1CCCC[C@@H]1NS(=O)(=O)c1ccc(OC)c(Cl)c1. The first-order chi connectivity index (χ1) is 9.97. The van der Waals surface area contributed by atoms with Crippen LogP contribution in [0.15, 0.2) is 23.1 Å². The van der Waals surface area contributed by atoms with Crippen molar-refractivity contribution < 1.29 is 13.2 Å². The van der Waals surface area contributed by atoms with E-state index >= 15 is 0 Å². The maximum atomic E-state index is 12.5. The first-order valence-electron chi connectivity index (χ1n) is 7.33. The average Bonchev–Trinajstić information content (AvgIpc) is 2.47. The Labute approximate surface area is 131 Å². The van der Waals surface area contributed by atoms with Gasteiger partial charge in [0.2, 0.25) is 10.0 Å². The fourth-order valence-electron chi connectivity index (χ4n) is 2.93. The Morgan fingerprint density at radius 1 is 1.33 bits per heavy atom. The van der Waals surface area contributed by atoms with Crippen LogP contribution in [0.2, 0.25) is 5.02 Å². The maximum absolute atomic E-state index is 12.5. The van der Waals surface area contributed by atoms with Crippen molar-refractivity contribution in [2.75, 3.05) is 7.11 Å². The number of rotatable bonds is 5. The highest BCUT2D eigenvalue weighted by Crippen LogP contribution is 2.30. The summed E-state index contributed by atoms with van der Waals surface area (Å²) in [5, 5.41) is 0.302. The highest BCUT2D eigenvalue weighted by molar-refractivity contribution is 7.89. The van der Waals surface area contributed by atoms with Crippen LogP contribution in [-0.4, -0.2) is 21.6 Å². The van der Waals surface area contributed by atoms with Crippen LogP contribution >= 0.6 is 11.6 Å². The van der Waals surface area contributed by atoms with Crippen molar-refractivity contribution in [2.45, 2.75) is 50.0 Å². The molecule has 1 aromatic rings. The molecule has 0 unspecified atom stereocenters. The summed E-state index contributed by atoms with van der Waals surface area (Å²) in [7, 11) is -2.04. The summed E-state index contributed by atoms with van der Waals surface area (Å²) in [6.45, 7) is 2.11. The van der Waals surface area contributed by atoms with E-state index in [9.17, 15) is 8.42 Å². The minimum atomic E-state index is -3.54. The van der Waals surface area contributed by atoms with Crippen molar-refractivity contribution in [3.8, 4) is 5.75 Å². The molecule has 0 aliphatic heterocycles. The molecule has 21 heavy (non-hydrogen) atoms. The number of nitrogens with one attached hydrogen (secondary N) is 1. The molecule has 0 radical (unpaired) electrons. The Kier molecular flexibility index (Phi) is 5.52. The second kappa shape index (κ2) is 6.99. The molecule has 0 saturated heterocycles. The van der Waals surface area contributed by atoms with Gasteiger partial charge in [0.1, 0.15) is 5.75 Å². The largest absolute Gasteiger partial charge is 0.495 e. The van der Waals surface area contributed by atoms with Gasteiger partial charge in [0.15, 0.2) is 0 Å². The van der Waals surface area contributed by atoms with E-state index in [1.807, 2.05) is 0 Å². The third kappa shape index (κ3) is 3.90. The molecule has 0 aromatic heterocycles. The third-order valence-electron chi connectivity index (χ3n) is 4.17. The van der Waals surface area contributed by atoms with Crippen LogP contribution in [0.3, 0.4) is 0 Å². The molecule has 2 rings (SSSR count). The summed E-state index contributed by atoms with van der Waals surface area (Å²) in [4.78, 5) is 0.189. The molecule has 1 aliphatic carbocycles. The highest BCUT2D eigenvalue weighted by atomic mass is 35.5. The van der Waals surface area contributed by atoms with Crippen molar-refractivity contribution in [1.82, 2.24) is 4.72 Å². The molecular weight excluding hydrogens is 310 g/mol. The minimum Gasteiger partial charge on any atom is -0.495 e. The summed E-state index contributed by atoms with van der Waals surface area (Å²) in [5.41, 5.74) is 0. The summed E-state index contributed by atoms with van der Waals surface area (Å²) in [6, 6.07) is 4.56. The molecule has 1 aliphatic rings. The smallest absolute Gasteiger partial charge is 0.240 e. The van der Waals surface area contributed by atoms with Crippen molar-refractivity contribution in [3.63, 3.8) is 0 Å². The lowest BCUT2D eigenvalue weighted by Crippen LogP contribution is -2.41. The van der Waals surface area contributed by atoms with E-state index in [1.54, 1.807) is 6.07 Å². The van der Waals surface area contributed by atoms with Gasteiger partial charge in [0.05, 0.1) is 17.0 Å². The Morgan fingerprint density at radius 3 is 2.67 bits per heavy atom. The van der Waals surface area contributed by atoms with Crippen LogP contribution in [0.4, 0.5) is 0 Å². The first-order valence-corrected chi connectivity index (χ1v) is 9.20. The lowest BCUT2D eigenvalue weighted by Gasteiger charge is -2.31. The molecule has 1 fully saturated rings. The molecule has 6 heteroatoms. The predicted octanol–water partition coefficient (Wildman–Crippen LogP) is 3.60. The van der Waals surface area contributed by atoms with E-state index in [0.29, 0.717) is 16.7 Å². The van der Waals surface area contributed by atoms with Gasteiger partial charge in [-0.05, 0) is 37.0 Å². The monoisotopic (exact) mass is 331 g/mol. The van der Waals surface area contributed by atoms with Gasteiger partial charge >= 0.3 is 0 Å². The van der Waals surface area contributed by atoms with E-state index in [-0.39, 0.29) is 10.9 Å². The highest BCUT2D eigenvalue weighted by Gasteiger charge is 2.28. The zero-order valence-corrected chi connectivity index (χ0v) is 14.0. The van der Waals surface area contributed by atoms with E-state index in [2.05, 4.69) is 11.6 Å². The summed E-state index contributed by atoms with van der Waals surface area (Å²) < 4.78 is 32.9. The van der Waals surface area contributed by atoms with Crippen LogP contribution in [0.1, 0.15) is 39.0 Å². The van der Waals surface area contributed by atoms with Gasteiger partial charge in [-0.15, -0.1) is 0 Å². The van der Waals surface area contributed by atoms with Crippen LogP contribution in [0, 0.1) is 5.92 Å². The van der Waals surface area contributed by atoms with Crippen molar-refractivity contribution >= 4 is 21.6 Å². The molecule has 0 heterocycles. The molecule has 1 aromatic carbocycles. The standard InChI is InChI=1S/C15H22ClNO3S/c1-3-11-6-4-5-7-14(11)17-21(18,19)12-8-9-15(20-2)13(16)10-12/h8-11,14,17H,3-7H2,1-2H3/t11-,14-/m0/s1. The minimum absolute atomic E-state index is 0.0228. The number of sulfonamides is 1. The van der Waals surface area contributed by atoms with Crippen LogP contribution in [-0.2, 0) is 10.0 Å². The van der Waals surface area contributed by atoms with Crippen LogP contribution in [0.5, 0.6) is 5.75 Å². The zero-order valence-electron chi connectivity index (χ0n) is 12.4. The predicted molar refractivity (Wildman–Crippen MR) is 84.4 cm³/mol. The molecule has 4 nitrogen and oxygen atoms in total. The fraction of sp³-hybridized carbons (Fsp3) is 0.600. The Hall–Kier alpha value is -0.780. The Balaban J connectivity index is 2.19. The molecule has 1 saturated carbocycles. The fourth-order valence-corrected chi connectivity index (χ4v) is 4.62. The molecule has 0 amide bonds. The first kappa shape index (κ1) is 16.6. The maximum Gasteiger partial charge on any atom is 0.240 e. The van der Waals surface area contributed by atoms with Gasteiger partial charge in [-0.3, -0.25) is 0 Å². The van der Waals surface area contributed by atoms with E-state index in [4.69, 9.17) is 16.3 Å². The van der Waals surface area contributed by atoms with Crippen molar-refractivity contribution in [1.29, 1.82) is 0 Å². The summed E-state index contributed by atoms with van der Waals surface area (Å²) in [6.07, 6.45) is 5.25. The lowest BCUT2D eigenvalue weighted by atomic mass is 9.83. The average molecular weight is 332 g/mol. The number of ether oxygens (including phenoxy) is 1. The van der Waals surface area contributed by atoms with Crippen molar-refractivity contribution in [2.24, 2.45) is 5.92 Å². The quantitative estimate of drug-likeness (QED) is 0.897. The number of methoxy groups -OCH3 is 1. The molecule has 1 N–H and O–H groups in total. The van der Waals surface area contributed by atoms with Gasteiger partial charge in [-0.2, -0.15) is 0 Å². The molecular formula is C15H22ClNO3S. The summed E-state index contributed by atoms with van der Waals surface area (Å²) >= 11 is 6.02. The van der Waals surface area contributed by atoms with Gasteiger partial charge in [-0.25, -0.2) is 13.1 Å². The third-order valence-corrected chi connectivity index (χ3v) is 5.96. The Morgan fingerprint density at radius 2 is 2.05 bits per heavy atom. The second-order valence-corrected chi connectivity index (χ2v) is 7.60. The Bertz CT molecular complexity index is 589. The van der Waals surface area contributed by atoms with Crippen molar-refractivity contribution in [3.05, 3.63) is 23.2 Å². The molecule has 0 bridgehead atoms. The number of benzene rings is 1. The zero-order chi connectivity index (χ0) is 15.5. The molecule has 2 atom stereocenters. The number of hydrogen-bond donors (Lipinski definition) is 1.